The van der Waals surface area contributed by atoms with Gasteiger partial charge in [-0.1, -0.05) is 13.3 Å². The maximum absolute atomic E-state index is 12.7. The van der Waals surface area contributed by atoms with Crippen molar-refractivity contribution in [1.29, 1.82) is 0 Å². The first-order valence-electron chi connectivity index (χ1n) is 9.41. The average molecular weight is 351 g/mol. The van der Waals surface area contributed by atoms with Crippen molar-refractivity contribution in [3.05, 3.63) is 63.5 Å². The molecule has 6 heteroatoms. The van der Waals surface area contributed by atoms with Gasteiger partial charge in [-0.15, -0.1) is 0 Å². The molecule has 136 valence electrons. The van der Waals surface area contributed by atoms with E-state index in [1.807, 2.05) is 32.3 Å². The SMILES string of the molecule is CCc1c(C)nc2cc([C@@H]3CCCCN3Cc3ccncc3)[nH]n2c1=O. The molecule has 6 nitrogen and oxygen atoms in total. The van der Waals surface area contributed by atoms with E-state index in [0.29, 0.717) is 12.1 Å². The molecule has 0 unspecified atom stereocenters. The fraction of sp³-hybridized carbons (Fsp3) is 0.450. The van der Waals surface area contributed by atoms with E-state index in [-0.39, 0.29) is 11.6 Å². The summed E-state index contributed by atoms with van der Waals surface area (Å²) in [6.07, 6.45) is 7.89. The zero-order valence-electron chi connectivity index (χ0n) is 15.4. The molecule has 0 aliphatic carbocycles. The van der Waals surface area contributed by atoms with Crippen molar-refractivity contribution in [2.24, 2.45) is 0 Å². The van der Waals surface area contributed by atoms with E-state index in [4.69, 9.17) is 0 Å². The molecule has 1 saturated heterocycles. The van der Waals surface area contributed by atoms with E-state index >= 15 is 0 Å². The summed E-state index contributed by atoms with van der Waals surface area (Å²) < 4.78 is 1.61. The van der Waals surface area contributed by atoms with Gasteiger partial charge in [0, 0.05) is 36.3 Å². The van der Waals surface area contributed by atoms with Crippen molar-refractivity contribution in [3.63, 3.8) is 0 Å². The van der Waals surface area contributed by atoms with Crippen LogP contribution in [0.3, 0.4) is 0 Å². The lowest BCUT2D eigenvalue weighted by atomic mass is 9.98. The molecule has 3 aromatic rings. The minimum Gasteiger partial charge on any atom is -0.292 e. The summed E-state index contributed by atoms with van der Waals surface area (Å²) in [6, 6.07) is 6.46. The number of aryl methyl sites for hydroxylation is 1. The third-order valence-corrected chi connectivity index (χ3v) is 5.40. The molecule has 1 fully saturated rings. The van der Waals surface area contributed by atoms with Crippen molar-refractivity contribution in [1.82, 2.24) is 24.5 Å². The molecule has 4 heterocycles. The Morgan fingerprint density at radius 2 is 2.08 bits per heavy atom. The van der Waals surface area contributed by atoms with Gasteiger partial charge in [0.25, 0.3) is 5.56 Å². The predicted molar refractivity (Wildman–Crippen MR) is 101 cm³/mol. The number of pyridine rings is 1. The molecular weight excluding hydrogens is 326 g/mol. The lowest BCUT2D eigenvalue weighted by molar-refractivity contribution is 0.137. The van der Waals surface area contributed by atoms with Crippen molar-refractivity contribution in [2.45, 2.75) is 52.1 Å². The maximum Gasteiger partial charge on any atom is 0.276 e. The fourth-order valence-corrected chi connectivity index (χ4v) is 4.02. The van der Waals surface area contributed by atoms with Crippen LogP contribution in [0.5, 0.6) is 0 Å². The summed E-state index contributed by atoms with van der Waals surface area (Å²) in [4.78, 5) is 24.0. The first kappa shape index (κ1) is 17.0. The molecule has 0 aromatic carbocycles. The second-order valence-electron chi connectivity index (χ2n) is 7.08. The summed E-state index contributed by atoms with van der Waals surface area (Å²) in [5.74, 6) is 0. The minimum absolute atomic E-state index is 0.0257. The van der Waals surface area contributed by atoms with Gasteiger partial charge in [0.15, 0.2) is 5.65 Å². The summed E-state index contributed by atoms with van der Waals surface area (Å²) in [7, 11) is 0. The number of rotatable bonds is 4. The molecule has 3 aromatic heterocycles. The molecule has 0 radical (unpaired) electrons. The molecule has 1 aliphatic heterocycles. The minimum atomic E-state index is 0.0257. The number of likely N-dealkylation sites (tertiary alicyclic amines) is 1. The Morgan fingerprint density at radius 3 is 2.85 bits per heavy atom. The normalized spacial score (nSPS) is 18.5. The highest BCUT2D eigenvalue weighted by molar-refractivity contribution is 5.42. The first-order chi connectivity index (χ1) is 12.7. The summed E-state index contributed by atoms with van der Waals surface area (Å²) >= 11 is 0. The highest BCUT2D eigenvalue weighted by atomic mass is 16.1. The molecule has 0 spiro atoms. The van der Waals surface area contributed by atoms with Crippen LogP contribution in [0.1, 0.15) is 54.7 Å². The Balaban J connectivity index is 1.70. The molecule has 1 atom stereocenters. The number of aromatic nitrogens is 4. The quantitative estimate of drug-likeness (QED) is 0.785. The second kappa shape index (κ2) is 7.03. The van der Waals surface area contributed by atoms with E-state index in [9.17, 15) is 4.79 Å². The van der Waals surface area contributed by atoms with Crippen LogP contribution in [0.25, 0.3) is 5.65 Å². The van der Waals surface area contributed by atoms with Gasteiger partial charge in [0.2, 0.25) is 0 Å². The van der Waals surface area contributed by atoms with Gasteiger partial charge in [-0.05, 0) is 50.4 Å². The number of fused-ring (bicyclic) bond motifs is 1. The molecule has 0 bridgehead atoms. The van der Waals surface area contributed by atoms with Crippen LogP contribution >= 0.6 is 0 Å². The number of aromatic amines is 1. The molecule has 1 aliphatic rings. The standard InChI is InChI=1S/C20H25N5O/c1-3-16-14(2)22-19-12-17(23-25(19)20(16)26)18-6-4-5-11-24(18)13-15-7-9-21-10-8-15/h7-10,12,18,23H,3-6,11,13H2,1-2H3/t18-/m0/s1. The number of nitrogens with one attached hydrogen (secondary N) is 1. The van der Waals surface area contributed by atoms with Crippen molar-refractivity contribution in [3.8, 4) is 0 Å². The van der Waals surface area contributed by atoms with Crippen LogP contribution in [0, 0.1) is 6.92 Å². The number of hydrogen-bond donors (Lipinski definition) is 1. The van der Waals surface area contributed by atoms with Crippen LogP contribution in [0.15, 0.2) is 35.4 Å². The summed E-state index contributed by atoms with van der Waals surface area (Å²) in [5, 5.41) is 3.34. The Morgan fingerprint density at radius 1 is 1.27 bits per heavy atom. The van der Waals surface area contributed by atoms with Crippen molar-refractivity contribution < 1.29 is 0 Å². The first-order valence-corrected chi connectivity index (χ1v) is 9.41. The lowest BCUT2D eigenvalue weighted by Crippen LogP contribution is -2.33. The fourth-order valence-electron chi connectivity index (χ4n) is 4.02. The van der Waals surface area contributed by atoms with Gasteiger partial charge >= 0.3 is 0 Å². The van der Waals surface area contributed by atoms with Gasteiger partial charge in [-0.3, -0.25) is 19.8 Å². The Kier molecular flexibility index (Phi) is 4.59. The third kappa shape index (κ3) is 3.05. The van der Waals surface area contributed by atoms with Crippen LogP contribution < -0.4 is 5.56 Å². The van der Waals surface area contributed by atoms with Crippen LogP contribution in [-0.4, -0.2) is 31.0 Å². The van der Waals surface area contributed by atoms with Gasteiger partial charge in [-0.2, -0.15) is 0 Å². The molecule has 26 heavy (non-hydrogen) atoms. The highest BCUT2D eigenvalue weighted by Crippen LogP contribution is 2.31. The summed E-state index contributed by atoms with van der Waals surface area (Å²) in [5.41, 5.74) is 4.71. The van der Waals surface area contributed by atoms with Gasteiger partial charge < -0.3 is 0 Å². The number of piperidine rings is 1. The molecule has 4 rings (SSSR count). The maximum atomic E-state index is 12.7. The Labute approximate surface area is 152 Å². The molecule has 0 amide bonds. The van der Waals surface area contributed by atoms with E-state index in [1.54, 1.807) is 4.52 Å². The number of hydrogen-bond acceptors (Lipinski definition) is 4. The van der Waals surface area contributed by atoms with Crippen LogP contribution in [0.2, 0.25) is 0 Å². The average Bonchev–Trinajstić information content (AvgIpc) is 3.07. The van der Waals surface area contributed by atoms with Gasteiger partial charge in [-0.25, -0.2) is 9.50 Å². The van der Waals surface area contributed by atoms with E-state index in [0.717, 1.165) is 36.5 Å². The van der Waals surface area contributed by atoms with Crippen LogP contribution in [0.4, 0.5) is 0 Å². The summed E-state index contributed by atoms with van der Waals surface area (Å²) in [6.45, 7) is 5.87. The molecule has 1 N–H and O–H groups in total. The zero-order valence-corrected chi connectivity index (χ0v) is 15.4. The van der Waals surface area contributed by atoms with Crippen molar-refractivity contribution >= 4 is 5.65 Å². The Hall–Kier alpha value is -2.47. The van der Waals surface area contributed by atoms with Crippen LogP contribution in [-0.2, 0) is 13.0 Å². The van der Waals surface area contributed by atoms with E-state index in [1.165, 1.54) is 18.4 Å². The number of nitrogens with zero attached hydrogens (tertiary/aromatic N) is 4. The second-order valence-corrected chi connectivity index (χ2v) is 7.08. The van der Waals surface area contributed by atoms with E-state index < -0.39 is 0 Å². The van der Waals surface area contributed by atoms with E-state index in [2.05, 4.69) is 32.1 Å². The smallest absolute Gasteiger partial charge is 0.276 e. The zero-order chi connectivity index (χ0) is 18.1. The molecular formula is C20H25N5O. The lowest BCUT2D eigenvalue weighted by Gasteiger charge is -2.35. The largest absolute Gasteiger partial charge is 0.292 e. The monoisotopic (exact) mass is 351 g/mol. The van der Waals surface area contributed by atoms with Gasteiger partial charge in [0.1, 0.15) is 0 Å². The van der Waals surface area contributed by atoms with Crippen molar-refractivity contribution in [2.75, 3.05) is 6.54 Å². The Bertz CT molecular complexity index is 959. The third-order valence-electron chi connectivity index (χ3n) is 5.40. The molecule has 0 saturated carbocycles. The van der Waals surface area contributed by atoms with Gasteiger partial charge in [0.05, 0.1) is 11.7 Å². The topological polar surface area (TPSA) is 66.3 Å². The number of H-pyrrole nitrogens is 1. The predicted octanol–water partition coefficient (Wildman–Crippen LogP) is 3.02. The highest BCUT2D eigenvalue weighted by Gasteiger charge is 2.26.